The highest BCUT2D eigenvalue weighted by Gasteiger charge is 2.36. The molecule has 21 heavy (non-hydrogen) atoms. The summed E-state index contributed by atoms with van der Waals surface area (Å²) in [7, 11) is 1.89. The van der Waals surface area contributed by atoms with Crippen LogP contribution in [0.4, 0.5) is 0 Å². The summed E-state index contributed by atoms with van der Waals surface area (Å²) in [6.07, 6.45) is 0.868. The largest absolute Gasteiger partial charge is 0.332 e. The summed E-state index contributed by atoms with van der Waals surface area (Å²) in [6, 6.07) is -0.406. The van der Waals surface area contributed by atoms with Crippen molar-refractivity contribution in [3.8, 4) is 0 Å². The average molecular weight is 292 g/mol. The molecule has 1 aliphatic heterocycles. The van der Waals surface area contributed by atoms with Crippen LogP contribution in [-0.2, 0) is 23.2 Å². The van der Waals surface area contributed by atoms with Gasteiger partial charge in [-0.3, -0.25) is 14.3 Å². The predicted octanol–water partition coefficient (Wildman–Crippen LogP) is 1.01. The Morgan fingerprint density at radius 3 is 2.48 bits per heavy atom. The minimum atomic E-state index is -0.406. The van der Waals surface area contributed by atoms with E-state index in [1.807, 2.05) is 39.4 Å². The Morgan fingerprint density at radius 1 is 1.29 bits per heavy atom. The Labute approximate surface area is 125 Å². The first-order chi connectivity index (χ1) is 9.86. The second-order valence-corrected chi connectivity index (χ2v) is 5.73. The van der Waals surface area contributed by atoms with Gasteiger partial charge in [-0.2, -0.15) is 5.10 Å². The van der Waals surface area contributed by atoms with E-state index < -0.39 is 6.04 Å². The SMILES string of the molecule is CCCN1CC(=O)N(Cc2c(C)nn(C)c2C)[C@H](C)C1=O. The predicted molar refractivity (Wildman–Crippen MR) is 79.6 cm³/mol. The van der Waals surface area contributed by atoms with E-state index in [4.69, 9.17) is 0 Å². The maximum Gasteiger partial charge on any atom is 0.245 e. The number of piperazine rings is 1. The zero-order chi connectivity index (χ0) is 15.7. The maximum atomic E-state index is 12.4. The van der Waals surface area contributed by atoms with Gasteiger partial charge in [-0.25, -0.2) is 0 Å². The van der Waals surface area contributed by atoms with Crippen LogP contribution in [0.2, 0.25) is 0 Å². The van der Waals surface area contributed by atoms with Crippen molar-refractivity contribution >= 4 is 11.8 Å². The molecule has 1 aliphatic rings. The van der Waals surface area contributed by atoms with Gasteiger partial charge in [0.15, 0.2) is 0 Å². The van der Waals surface area contributed by atoms with Crippen molar-refractivity contribution in [1.29, 1.82) is 0 Å². The van der Waals surface area contributed by atoms with Gasteiger partial charge in [-0.15, -0.1) is 0 Å². The summed E-state index contributed by atoms with van der Waals surface area (Å²) in [5.41, 5.74) is 2.99. The highest BCUT2D eigenvalue weighted by Crippen LogP contribution is 2.20. The molecule has 0 aromatic carbocycles. The second kappa shape index (κ2) is 5.87. The molecule has 2 heterocycles. The monoisotopic (exact) mass is 292 g/mol. The van der Waals surface area contributed by atoms with E-state index in [0.29, 0.717) is 13.1 Å². The third-order valence-electron chi connectivity index (χ3n) is 4.26. The molecule has 2 rings (SSSR count). The number of carbonyl (C=O) groups is 2. The van der Waals surface area contributed by atoms with Gasteiger partial charge in [-0.1, -0.05) is 6.92 Å². The highest BCUT2D eigenvalue weighted by molar-refractivity contribution is 5.94. The van der Waals surface area contributed by atoms with Gasteiger partial charge >= 0.3 is 0 Å². The number of nitrogens with zero attached hydrogens (tertiary/aromatic N) is 4. The van der Waals surface area contributed by atoms with Crippen LogP contribution < -0.4 is 0 Å². The lowest BCUT2D eigenvalue weighted by Gasteiger charge is -2.38. The highest BCUT2D eigenvalue weighted by atomic mass is 16.2. The fourth-order valence-electron chi connectivity index (χ4n) is 2.85. The van der Waals surface area contributed by atoms with Crippen molar-refractivity contribution in [3.05, 3.63) is 17.0 Å². The van der Waals surface area contributed by atoms with Gasteiger partial charge in [0, 0.05) is 24.8 Å². The minimum absolute atomic E-state index is 0.0122. The Hall–Kier alpha value is -1.85. The molecule has 1 saturated heterocycles. The smallest absolute Gasteiger partial charge is 0.245 e. The fourth-order valence-corrected chi connectivity index (χ4v) is 2.85. The molecule has 0 bridgehead atoms. The number of amides is 2. The maximum absolute atomic E-state index is 12.4. The number of rotatable bonds is 4. The standard InChI is InChI=1S/C15H24N4O2/c1-6-7-18-9-14(20)19(12(4)15(18)21)8-13-10(2)16-17(5)11(13)3/h12H,6-9H2,1-5H3/t12-/m1/s1. The van der Waals surface area contributed by atoms with Crippen LogP contribution in [0.1, 0.15) is 37.2 Å². The van der Waals surface area contributed by atoms with Crippen molar-refractivity contribution in [2.45, 2.75) is 46.7 Å². The van der Waals surface area contributed by atoms with Crippen molar-refractivity contribution < 1.29 is 9.59 Å². The Morgan fingerprint density at radius 2 is 1.95 bits per heavy atom. The minimum Gasteiger partial charge on any atom is -0.332 e. The van der Waals surface area contributed by atoms with Gasteiger partial charge < -0.3 is 9.80 Å². The number of carbonyl (C=O) groups excluding carboxylic acids is 2. The number of aryl methyl sites for hydroxylation is 2. The topological polar surface area (TPSA) is 58.4 Å². The third-order valence-corrected chi connectivity index (χ3v) is 4.26. The van der Waals surface area contributed by atoms with Crippen LogP contribution >= 0.6 is 0 Å². The molecule has 1 atom stereocenters. The van der Waals surface area contributed by atoms with E-state index in [1.165, 1.54) is 0 Å². The third kappa shape index (κ3) is 2.80. The van der Waals surface area contributed by atoms with Gasteiger partial charge in [-0.05, 0) is 27.2 Å². The number of aromatic nitrogens is 2. The van der Waals surface area contributed by atoms with E-state index in [0.717, 1.165) is 23.4 Å². The molecule has 6 heteroatoms. The first kappa shape index (κ1) is 15.5. The van der Waals surface area contributed by atoms with Crippen LogP contribution in [0, 0.1) is 13.8 Å². The van der Waals surface area contributed by atoms with Crippen LogP contribution in [0.25, 0.3) is 0 Å². The molecule has 1 aromatic heterocycles. The zero-order valence-electron chi connectivity index (χ0n) is 13.5. The van der Waals surface area contributed by atoms with E-state index in [1.54, 1.807) is 9.80 Å². The molecule has 1 fully saturated rings. The average Bonchev–Trinajstić information content (AvgIpc) is 2.66. The molecule has 6 nitrogen and oxygen atoms in total. The van der Waals surface area contributed by atoms with Gasteiger partial charge in [0.05, 0.1) is 18.8 Å². The molecule has 2 amide bonds. The lowest BCUT2D eigenvalue weighted by Crippen LogP contribution is -2.58. The lowest BCUT2D eigenvalue weighted by molar-refractivity contribution is -0.155. The fraction of sp³-hybridized carbons (Fsp3) is 0.667. The molecule has 1 aromatic rings. The summed E-state index contributed by atoms with van der Waals surface area (Å²) in [5, 5.41) is 4.37. The zero-order valence-corrected chi connectivity index (χ0v) is 13.5. The summed E-state index contributed by atoms with van der Waals surface area (Å²) in [6.45, 7) is 9.03. The molecule has 0 unspecified atom stereocenters. The van der Waals surface area contributed by atoms with Gasteiger partial charge in [0.2, 0.25) is 11.8 Å². The summed E-state index contributed by atoms with van der Waals surface area (Å²) >= 11 is 0. The second-order valence-electron chi connectivity index (χ2n) is 5.73. The molecular weight excluding hydrogens is 268 g/mol. The number of hydrogen-bond donors (Lipinski definition) is 0. The van der Waals surface area contributed by atoms with E-state index >= 15 is 0 Å². The molecule has 0 spiro atoms. The van der Waals surface area contributed by atoms with Crippen LogP contribution in [0.15, 0.2) is 0 Å². The van der Waals surface area contributed by atoms with Crippen molar-refractivity contribution in [2.24, 2.45) is 7.05 Å². The van der Waals surface area contributed by atoms with Crippen LogP contribution in [0.5, 0.6) is 0 Å². The molecular formula is C15H24N4O2. The van der Waals surface area contributed by atoms with E-state index in [-0.39, 0.29) is 18.4 Å². The Kier molecular flexibility index (Phi) is 4.34. The quantitative estimate of drug-likeness (QED) is 0.832. The lowest BCUT2D eigenvalue weighted by atomic mass is 10.1. The molecule has 0 N–H and O–H groups in total. The normalized spacial score (nSPS) is 19.6. The Bertz CT molecular complexity index is 564. The van der Waals surface area contributed by atoms with Crippen molar-refractivity contribution in [2.75, 3.05) is 13.1 Å². The molecule has 116 valence electrons. The van der Waals surface area contributed by atoms with Crippen LogP contribution in [0.3, 0.4) is 0 Å². The first-order valence-corrected chi connectivity index (χ1v) is 7.44. The van der Waals surface area contributed by atoms with Crippen LogP contribution in [-0.4, -0.2) is 50.5 Å². The molecule has 0 aliphatic carbocycles. The first-order valence-electron chi connectivity index (χ1n) is 7.44. The van der Waals surface area contributed by atoms with E-state index in [2.05, 4.69) is 5.10 Å². The van der Waals surface area contributed by atoms with Crippen molar-refractivity contribution in [3.63, 3.8) is 0 Å². The molecule has 0 radical (unpaired) electrons. The molecule has 0 saturated carbocycles. The summed E-state index contributed by atoms with van der Waals surface area (Å²) in [4.78, 5) is 28.1. The summed E-state index contributed by atoms with van der Waals surface area (Å²) in [5.74, 6) is 0.0499. The van der Waals surface area contributed by atoms with E-state index in [9.17, 15) is 9.59 Å². The van der Waals surface area contributed by atoms with Crippen molar-refractivity contribution in [1.82, 2.24) is 19.6 Å². The Balaban J connectivity index is 2.20. The van der Waals surface area contributed by atoms with Gasteiger partial charge in [0.25, 0.3) is 0 Å². The number of hydrogen-bond acceptors (Lipinski definition) is 3. The van der Waals surface area contributed by atoms with Gasteiger partial charge in [0.1, 0.15) is 6.04 Å². The summed E-state index contributed by atoms with van der Waals surface area (Å²) < 4.78 is 1.81.